The lowest BCUT2D eigenvalue weighted by atomic mass is 9.97. The summed E-state index contributed by atoms with van der Waals surface area (Å²) in [5.41, 5.74) is 3.11. The van der Waals surface area contributed by atoms with Gasteiger partial charge in [-0.1, -0.05) is 17.8 Å². The highest BCUT2D eigenvalue weighted by Crippen LogP contribution is 2.40. The van der Waals surface area contributed by atoms with Crippen molar-refractivity contribution in [3.05, 3.63) is 34.2 Å². The van der Waals surface area contributed by atoms with E-state index in [0.717, 1.165) is 39.6 Å². The van der Waals surface area contributed by atoms with Crippen LogP contribution < -0.4 is 5.32 Å². The number of benzene rings is 1. The van der Waals surface area contributed by atoms with Gasteiger partial charge in [0.25, 0.3) is 0 Å². The lowest BCUT2D eigenvalue weighted by Crippen LogP contribution is -2.02. The van der Waals surface area contributed by atoms with E-state index in [9.17, 15) is 5.11 Å². The molecule has 1 aliphatic rings. The van der Waals surface area contributed by atoms with E-state index in [4.69, 9.17) is 9.97 Å². The number of nitrogens with zero attached hydrogens (tertiary/aromatic N) is 2. The number of anilines is 2. The van der Waals surface area contributed by atoms with Gasteiger partial charge in [-0.2, -0.15) is 0 Å². The monoisotopic (exact) mass is 357 g/mol. The number of phenolic OH excluding ortho intramolecular Hbond substituents is 1. The Kier molecular flexibility index (Phi) is 4.10. The SMILES string of the molecule is CSc1nc(Nc2ccc(C)cc2O)c2c3c(sc2n1)CCCC3. The van der Waals surface area contributed by atoms with E-state index in [1.807, 2.05) is 25.3 Å². The Morgan fingerprint density at radius 3 is 2.83 bits per heavy atom. The normalized spacial score (nSPS) is 13.9. The third-order valence-corrected chi connectivity index (χ3v) is 6.12. The maximum absolute atomic E-state index is 10.2. The van der Waals surface area contributed by atoms with Crippen LogP contribution in [0, 0.1) is 6.92 Å². The topological polar surface area (TPSA) is 58.0 Å². The van der Waals surface area contributed by atoms with E-state index in [0.29, 0.717) is 5.69 Å². The second-order valence-corrected chi connectivity index (χ2v) is 7.95. The lowest BCUT2D eigenvalue weighted by Gasteiger charge is -2.14. The molecule has 0 spiro atoms. The van der Waals surface area contributed by atoms with Crippen LogP contribution in [0.2, 0.25) is 0 Å². The van der Waals surface area contributed by atoms with Crippen LogP contribution in [0.5, 0.6) is 5.75 Å². The van der Waals surface area contributed by atoms with Crippen molar-refractivity contribution in [2.75, 3.05) is 11.6 Å². The number of hydrogen-bond acceptors (Lipinski definition) is 6. The van der Waals surface area contributed by atoms with Crippen molar-refractivity contribution >= 4 is 44.8 Å². The van der Waals surface area contributed by atoms with E-state index in [2.05, 4.69) is 5.32 Å². The minimum atomic E-state index is 0.247. The predicted octanol–water partition coefficient (Wildman–Crippen LogP) is 5.05. The standard InChI is InChI=1S/C18H19N3OS2/c1-10-7-8-12(13(22)9-10)19-16-15-11-5-3-4-6-14(11)24-17(15)21-18(20-16)23-2/h7-9,22H,3-6H2,1-2H3,(H,19,20,21). The Hall–Kier alpha value is -1.79. The largest absolute Gasteiger partial charge is 0.506 e. The number of aromatic hydroxyl groups is 1. The number of aryl methyl sites for hydroxylation is 3. The van der Waals surface area contributed by atoms with Gasteiger partial charge in [0, 0.05) is 4.88 Å². The molecule has 4 nitrogen and oxygen atoms in total. The van der Waals surface area contributed by atoms with E-state index < -0.39 is 0 Å². The van der Waals surface area contributed by atoms with Crippen molar-refractivity contribution in [2.45, 2.75) is 37.8 Å². The fourth-order valence-electron chi connectivity index (χ4n) is 3.19. The van der Waals surface area contributed by atoms with Crippen molar-refractivity contribution in [3.63, 3.8) is 0 Å². The van der Waals surface area contributed by atoms with Gasteiger partial charge < -0.3 is 10.4 Å². The van der Waals surface area contributed by atoms with Crippen LogP contribution in [-0.4, -0.2) is 21.3 Å². The van der Waals surface area contributed by atoms with Crippen molar-refractivity contribution in [3.8, 4) is 5.75 Å². The highest BCUT2D eigenvalue weighted by atomic mass is 32.2. The van der Waals surface area contributed by atoms with Crippen LogP contribution in [0.1, 0.15) is 28.8 Å². The molecule has 2 heterocycles. The molecule has 0 saturated heterocycles. The van der Waals surface area contributed by atoms with Gasteiger partial charge in [-0.15, -0.1) is 11.3 Å². The number of thiophene rings is 1. The Bertz CT molecular complexity index is 920. The molecule has 3 aromatic rings. The fourth-order valence-corrected chi connectivity index (χ4v) is 4.88. The molecule has 0 atom stereocenters. The first kappa shape index (κ1) is 15.7. The van der Waals surface area contributed by atoms with Crippen LogP contribution in [-0.2, 0) is 12.8 Å². The van der Waals surface area contributed by atoms with Gasteiger partial charge in [0.1, 0.15) is 16.4 Å². The highest BCUT2D eigenvalue weighted by molar-refractivity contribution is 7.98. The van der Waals surface area contributed by atoms with E-state index in [-0.39, 0.29) is 5.75 Å². The molecule has 0 amide bonds. The smallest absolute Gasteiger partial charge is 0.190 e. The van der Waals surface area contributed by atoms with E-state index in [1.165, 1.54) is 23.3 Å². The molecule has 1 aliphatic carbocycles. The van der Waals surface area contributed by atoms with Gasteiger partial charge in [0.15, 0.2) is 5.16 Å². The number of aromatic nitrogens is 2. The third kappa shape index (κ3) is 2.74. The first-order valence-electron chi connectivity index (χ1n) is 8.08. The summed E-state index contributed by atoms with van der Waals surface area (Å²) in [4.78, 5) is 11.9. The molecule has 0 saturated carbocycles. The molecule has 2 aromatic heterocycles. The number of fused-ring (bicyclic) bond motifs is 3. The molecule has 0 fully saturated rings. The first-order valence-corrected chi connectivity index (χ1v) is 10.1. The maximum atomic E-state index is 10.2. The molecular weight excluding hydrogens is 338 g/mol. The van der Waals surface area contributed by atoms with Crippen LogP contribution in [0.3, 0.4) is 0 Å². The molecule has 0 unspecified atom stereocenters. The number of phenols is 1. The molecule has 24 heavy (non-hydrogen) atoms. The molecule has 1 aromatic carbocycles. The van der Waals surface area contributed by atoms with Gasteiger partial charge in [-0.3, -0.25) is 0 Å². The van der Waals surface area contributed by atoms with Crippen LogP contribution in [0.15, 0.2) is 23.4 Å². The summed E-state index contributed by atoms with van der Waals surface area (Å²) >= 11 is 3.34. The van der Waals surface area contributed by atoms with Crippen molar-refractivity contribution in [1.82, 2.24) is 9.97 Å². The minimum absolute atomic E-state index is 0.247. The van der Waals surface area contributed by atoms with Crippen LogP contribution in [0.25, 0.3) is 10.2 Å². The number of thioether (sulfide) groups is 1. The van der Waals surface area contributed by atoms with Crippen LogP contribution >= 0.6 is 23.1 Å². The molecule has 0 aliphatic heterocycles. The van der Waals surface area contributed by atoms with Crippen LogP contribution in [0.4, 0.5) is 11.5 Å². The summed E-state index contributed by atoms with van der Waals surface area (Å²) in [7, 11) is 0. The van der Waals surface area contributed by atoms with Crippen molar-refractivity contribution in [1.29, 1.82) is 0 Å². The Morgan fingerprint density at radius 2 is 2.04 bits per heavy atom. The minimum Gasteiger partial charge on any atom is -0.506 e. The molecule has 0 radical (unpaired) electrons. The highest BCUT2D eigenvalue weighted by Gasteiger charge is 2.21. The summed E-state index contributed by atoms with van der Waals surface area (Å²) in [6, 6.07) is 5.65. The number of hydrogen-bond donors (Lipinski definition) is 2. The third-order valence-electron chi connectivity index (χ3n) is 4.38. The quantitative estimate of drug-likeness (QED) is 0.390. The van der Waals surface area contributed by atoms with Gasteiger partial charge >= 0.3 is 0 Å². The summed E-state index contributed by atoms with van der Waals surface area (Å²) < 4.78 is 0. The first-order chi connectivity index (χ1) is 11.7. The average Bonchev–Trinajstić information content (AvgIpc) is 2.95. The molecular formula is C18H19N3OS2. The lowest BCUT2D eigenvalue weighted by molar-refractivity contribution is 0.477. The van der Waals surface area contributed by atoms with E-state index in [1.54, 1.807) is 29.2 Å². The van der Waals surface area contributed by atoms with Gasteiger partial charge in [0.05, 0.1) is 11.1 Å². The molecule has 124 valence electrons. The Balaban J connectivity index is 1.87. The van der Waals surface area contributed by atoms with Crippen molar-refractivity contribution in [2.24, 2.45) is 0 Å². The molecule has 0 bridgehead atoms. The van der Waals surface area contributed by atoms with Gasteiger partial charge in [0.2, 0.25) is 0 Å². The average molecular weight is 358 g/mol. The van der Waals surface area contributed by atoms with Gasteiger partial charge in [-0.05, 0) is 62.1 Å². The summed E-state index contributed by atoms with van der Waals surface area (Å²) in [5, 5.41) is 15.5. The summed E-state index contributed by atoms with van der Waals surface area (Å²) in [5.74, 6) is 1.06. The zero-order valence-electron chi connectivity index (χ0n) is 13.7. The molecule has 2 N–H and O–H groups in total. The van der Waals surface area contributed by atoms with Crippen molar-refractivity contribution < 1.29 is 5.11 Å². The zero-order chi connectivity index (χ0) is 16.7. The maximum Gasteiger partial charge on any atom is 0.190 e. The summed E-state index contributed by atoms with van der Waals surface area (Å²) in [6.45, 7) is 1.97. The molecule has 6 heteroatoms. The fraction of sp³-hybridized carbons (Fsp3) is 0.333. The zero-order valence-corrected chi connectivity index (χ0v) is 15.4. The second-order valence-electron chi connectivity index (χ2n) is 6.10. The van der Waals surface area contributed by atoms with E-state index >= 15 is 0 Å². The second kappa shape index (κ2) is 6.26. The Morgan fingerprint density at radius 1 is 1.21 bits per heavy atom. The summed E-state index contributed by atoms with van der Waals surface area (Å²) in [6.07, 6.45) is 6.69. The van der Waals surface area contributed by atoms with Gasteiger partial charge in [-0.25, -0.2) is 9.97 Å². The Labute approximate surface area is 149 Å². The predicted molar refractivity (Wildman–Crippen MR) is 102 cm³/mol. The molecule has 4 rings (SSSR count). The number of rotatable bonds is 3. The number of nitrogens with one attached hydrogen (secondary N) is 1.